The summed E-state index contributed by atoms with van der Waals surface area (Å²) in [7, 11) is 0. The summed E-state index contributed by atoms with van der Waals surface area (Å²) in [6.45, 7) is 1.25. The molecule has 1 aliphatic heterocycles. The Bertz CT molecular complexity index is 1060. The molecule has 1 saturated heterocycles. The molecule has 2 aromatic carbocycles. The van der Waals surface area contributed by atoms with Crippen LogP contribution in [0.3, 0.4) is 0 Å². The molecule has 0 unspecified atom stereocenters. The zero-order valence-corrected chi connectivity index (χ0v) is 16.7. The number of amides is 4. The van der Waals surface area contributed by atoms with Crippen LogP contribution in [0.4, 0.5) is 10.5 Å². The van der Waals surface area contributed by atoms with Gasteiger partial charge >= 0.3 is 12.0 Å². The molecule has 0 atom stereocenters. The van der Waals surface area contributed by atoms with E-state index < -0.39 is 30.4 Å². The van der Waals surface area contributed by atoms with Gasteiger partial charge in [0.1, 0.15) is 11.3 Å². The number of urea groups is 1. The Labute approximate surface area is 173 Å². The van der Waals surface area contributed by atoms with Crippen LogP contribution in [-0.4, -0.2) is 35.5 Å². The fraction of sp³-hybridized carbons (Fsp3) is 0.100. The first kappa shape index (κ1) is 20.3. The van der Waals surface area contributed by atoms with Crippen molar-refractivity contribution in [3.05, 3.63) is 63.6 Å². The molecule has 148 valence electrons. The number of carbonyl (C=O) groups is 4. The maximum absolute atomic E-state index is 12.9. The molecule has 1 fully saturated rings. The van der Waals surface area contributed by atoms with Crippen molar-refractivity contribution in [3.63, 3.8) is 0 Å². The number of hydrogen-bond acceptors (Lipinski definition) is 5. The lowest BCUT2D eigenvalue weighted by Crippen LogP contribution is -2.54. The lowest BCUT2D eigenvalue weighted by Gasteiger charge is -2.27. The fourth-order valence-corrected chi connectivity index (χ4v) is 3.23. The number of carbonyl (C=O) groups excluding carboxylic acids is 3. The molecule has 9 heteroatoms. The highest BCUT2D eigenvalue weighted by Gasteiger charge is 2.37. The molecule has 0 aliphatic carbocycles. The highest BCUT2D eigenvalue weighted by Crippen LogP contribution is 2.28. The molecule has 0 aromatic heterocycles. The van der Waals surface area contributed by atoms with E-state index in [2.05, 4.69) is 21.2 Å². The molecule has 8 nitrogen and oxygen atoms in total. The number of ether oxygens (including phenoxy) is 1. The van der Waals surface area contributed by atoms with Crippen LogP contribution >= 0.6 is 15.9 Å². The third-order valence-electron chi connectivity index (χ3n) is 4.08. The molecule has 29 heavy (non-hydrogen) atoms. The van der Waals surface area contributed by atoms with E-state index in [0.29, 0.717) is 27.0 Å². The van der Waals surface area contributed by atoms with Gasteiger partial charge in [-0.25, -0.2) is 14.5 Å². The number of rotatable bonds is 5. The van der Waals surface area contributed by atoms with Crippen LogP contribution in [0, 0.1) is 6.92 Å². The van der Waals surface area contributed by atoms with Crippen molar-refractivity contribution in [2.24, 2.45) is 0 Å². The number of halogens is 1. The van der Waals surface area contributed by atoms with Crippen molar-refractivity contribution in [1.29, 1.82) is 0 Å². The Balaban J connectivity index is 1.94. The van der Waals surface area contributed by atoms with Gasteiger partial charge in [0.25, 0.3) is 11.8 Å². The summed E-state index contributed by atoms with van der Waals surface area (Å²) >= 11 is 3.26. The van der Waals surface area contributed by atoms with Crippen LogP contribution in [0.15, 0.2) is 52.5 Å². The number of nitrogens with one attached hydrogen (secondary N) is 1. The Morgan fingerprint density at radius 1 is 1.21 bits per heavy atom. The van der Waals surface area contributed by atoms with Gasteiger partial charge in [0, 0.05) is 0 Å². The first-order chi connectivity index (χ1) is 13.8. The van der Waals surface area contributed by atoms with Gasteiger partial charge in [-0.3, -0.25) is 14.9 Å². The summed E-state index contributed by atoms with van der Waals surface area (Å²) in [6, 6.07) is 10.7. The number of nitrogens with zero attached hydrogens (tertiary/aromatic N) is 1. The molecular weight excluding hydrogens is 444 g/mol. The van der Waals surface area contributed by atoms with Gasteiger partial charge in [0.05, 0.1) is 10.2 Å². The lowest BCUT2D eigenvalue weighted by molar-refractivity contribution is -0.139. The Hall–Kier alpha value is -3.46. The number of barbiturate groups is 1. The average molecular weight is 459 g/mol. The Morgan fingerprint density at radius 2 is 1.93 bits per heavy atom. The SMILES string of the molecule is Cc1ccccc1N1C(=O)NC(=O)/C(=C\c2ccc(OCC(=O)O)c(Br)c2)C1=O. The monoisotopic (exact) mass is 458 g/mol. The van der Waals surface area contributed by atoms with E-state index in [1.807, 2.05) is 0 Å². The Kier molecular flexibility index (Phi) is 5.79. The van der Waals surface area contributed by atoms with Crippen LogP contribution in [0.25, 0.3) is 6.08 Å². The smallest absolute Gasteiger partial charge is 0.341 e. The number of anilines is 1. The molecule has 1 aliphatic rings. The molecule has 2 N–H and O–H groups in total. The number of para-hydroxylation sites is 1. The van der Waals surface area contributed by atoms with E-state index in [1.54, 1.807) is 43.3 Å². The van der Waals surface area contributed by atoms with Crippen molar-refractivity contribution >= 4 is 51.5 Å². The maximum Gasteiger partial charge on any atom is 0.341 e. The number of benzene rings is 2. The first-order valence-electron chi connectivity index (χ1n) is 8.39. The molecule has 2 aromatic rings. The van der Waals surface area contributed by atoms with Gasteiger partial charge in [-0.2, -0.15) is 0 Å². The van der Waals surface area contributed by atoms with Crippen LogP contribution < -0.4 is 15.0 Å². The van der Waals surface area contributed by atoms with Gasteiger partial charge in [0.15, 0.2) is 6.61 Å². The van der Waals surface area contributed by atoms with E-state index in [-0.39, 0.29) is 5.57 Å². The third kappa shape index (κ3) is 4.35. The largest absolute Gasteiger partial charge is 0.481 e. The minimum absolute atomic E-state index is 0.209. The van der Waals surface area contributed by atoms with Crippen molar-refractivity contribution in [2.75, 3.05) is 11.5 Å². The van der Waals surface area contributed by atoms with E-state index >= 15 is 0 Å². The molecule has 3 rings (SSSR count). The van der Waals surface area contributed by atoms with Crippen molar-refractivity contribution in [1.82, 2.24) is 5.32 Å². The summed E-state index contributed by atoms with van der Waals surface area (Å²) in [5, 5.41) is 10.9. The summed E-state index contributed by atoms with van der Waals surface area (Å²) < 4.78 is 5.57. The summed E-state index contributed by atoms with van der Waals surface area (Å²) in [4.78, 5) is 49.0. The molecular formula is C20H15BrN2O6. The second-order valence-electron chi connectivity index (χ2n) is 6.12. The first-order valence-corrected chi connectivity index (χ1v) is 9.18. The number of hydrogen-bond donors (Lipinski definition) is 2. The molecule has 0 radical (unpaired) electrons. The van der Waals surface area contributed by atoms with Crippen molar-refractivity contribution in [2.45, 2.75) is 6.92 Å². The fourth-order valence-electron chi connectivity index (χ4n) is 2.72. The van der Waals surface area contributed by atoms with Crippen LogP contribution in [-0.2, 0) is 14.4 Å². The molecule has 4 amide bonds. The van der Waals surface area contributed by atoms with Crippen LogP contribution in [0.5, 0.6) is 5.75 Å². The van der Waals surface area contributed by atoms with Gasteiger partial charge < -0.3 is 9.84 Å². The molecule has 0 spiro atoms. The van der Waals surface area contributed by atoms with Gasteiger partial charge in [0.2, 0.25) is 0 Å². The minimum atomic E-state index is -1.12. The lowest BCUT2D eigenvalue weighted by atomic mass is 10.1. The normalized spacial score (nSPS) is 15.4. The standard InChI is InChI=1S/C20H15BrN2O6/c1-11-4-2-3-5-15(11)23-19(27)13(18(26)22-20(23)28)8-12-6-7-16(14(21)9-12)29-10-17(24)25/h2-9H,10H2,1H3,(H,24,25)(H,22,26,28)/b13-8+. The maximum atomic E-state index is 12.9. The zero-order valence-electron chi connectivity index (χ0n) is 15.1. The topological polar surface area (TPSA) is 113 Å². The molecule has 1 heterocycles. The van der Waals surface area contributed by atoms with E-state index in [0.717, 1.165) is 4.90 Å². The number of aryl methyl sites for hydroxylation is 1. The third-order valence-corrected chi connectivity index (χ3v) is 4.70. The van der Waals surface area contributed by atoms with Crippen molar-refractivity contribution in [3.8, 4) is 5.75 Å². The number of carboxylic acids is 1. The molecule has 0 saturated carbocycles. The second kappa shape index (κ2) is 8.27. The van der Waals surface area contributed by atoms with E-state index in [4.69, 9.17) is 9.84 Å². The highest BCUT2D eigenvalue weighted by molar-refractivity contribution is 9.10. The highest BCUT2D eigenvalue weighted by atomic mass is 79.9. The average Bonchev–Trinajstić information content (AvgIpc) is 2.65. The summed E-state index contributed by atoms with van der Waals surface area (Å²) in [5.41, 5.74) is 1.36. The number of aliphatic carboxylic acids is 1. The number of imide groups is 2. The predicted molar refractivity (Wildman–Crippen MR) is 107 cm³/mol. The Morgan fingerprint density at radius 3 is 2.59 bits per heavy atom. The van der Waals surface area contributed by atoms with E-state index in [9.17, 15) is 19.2 Å². The van der Waals surface area contributed by atoms with Crippen LogP contribution in [0.2, 0.25) is 0 Å². The van der Waals surface area contributed by atoms with E-state index in [1.165, 1.54) is 12.1 Å². The van der Waals surface area contributed by atoms with Gasteiger partial charge in [-0.15, -0.1) is 0 Å². The molecule has 0 bridgehead atoms. The van der Waals surface area contributed by atoms with Gasteiger partial charge in [-0.05, 0) is 58.3 Å². The quantitative estimate of drug-likeness (QED) is 0.525. The summed E-state index contributed by atoms with van der Waals surface area (Å²) in [5.74, 6) is -2.36. The minimum Gasteiger partial charge on any atom is -0.481 e. The summed E-state index contributed by atoms with van der Waals surface area (Å²) in [6.07, 6.45) is 1.35. The van der Waals surface area contributed by atoms with Gasteiger partial charge in [-0.1, -0.05) is 24.3 Å². The van der Waals surface area contributed by atoms with Crippen LogP contribution in [0.1, 0.15) is 11.1 Å². The zero-order chi connectivity index (χ0) is 21.1. The predicted octanol–water partition coefficient (Wildman–Crippen LogP) is 2.89. The van der Waals surface area contributed by atoms with Crippen molar-refractivity contribution < 1.29 is 29.0 Å². The number of carboxylic acid groups (broad SMARTS) is 1. The second-order valence-corrected chi connectivity index (χ2v) is 6.97.